The van der Waals surface area contributed by atoms with Crippen molar-refractivity contribution in [2.75, 3.05) is 39.9 Å². The number of nitrogens with zero attached hydrogens (tertiary/aromatic N) is 2. The third kappa shape index (κ3) is 3.90. The Hall–Kier alpha value is -2.35. The molecule has 1 aromatic rings. The van der Waals surface area contributed by atoms with Gasteiger partial charge in [-0.2, -0.15) is 0 Å². The largest absolute Gasteiger partial charge is 0.465 e. The van der Waals surface area contributed by atoms with E-state index in [9.17, 15) is 14.4 Å². The van der Waals surface area contributed by atoms with Crippen LogP contribution in [0, 0.1) is 13.8 Å². The van der Waals surface area contributed by atoms with Crippen LogP contribution in [0.15, 0.2) is 0 Å². The van der Waals surface area contributed by atoms with Gasteiger partial charge in [0.05, 0.1) is 31.0 Å². The Morgan fingerprint density at radius 1 is 1.15 bits per heavy atom. The van der Waals surface area contributed by atoms with Crippen LogP contribution in [-0.4, -0.2) is 78.6 Å². The van der Waals surface area contributed by atoms with Crippen LogP contribution in [-0.2, 0) is 9.47 Å². The second-order valence-electron chi connectivity index (χ2n) is 6.38. The summed E-state index contributed by atoms with van der Waals surface area (Å²) >= 11 is 0. The van der Waals surface area contributed by atoms with E-state index in [-0.39, 0.29) is 17.9 Å². The highest BCUT2D eigenvalue weighted by atomic mass is 16.6. The van der Waals surface area contributed by atoms with Gasteiger partial charge in [-0.15, -0.1) is 0 Å². The van der Waals surface area contributed by atoms with Crippen molar-refractivity contribution in [1.29, 1.82) is 0 Å². The third-order valence-corrected chi connectivity index (χ3v) is 4.84. The van der Waals surface area contributed by atoms with Gasteiger partial charge < -0.3 is 19.4 Å². The first-order valence-corrected chi connectivity index (χ1v) is 8.79. The molecular weight excluding hydrogens is 338 g/mol. The summed E-state index contributed by atoms with van der Waals surface area (Å²) in [5, 5.41) is 0. The maximum atomic E-state index is 12.9. The fourth-order valence-electron chi connectivity index (χ4n) is 3.29. The van der Waals surface area contributed by atoms with E-state index in [0.717, 1.165) is 0 Å². The van der Waals surface area contributed by atoms with Gasteiger partial charge in [-0.05, 0) is 33.3 Å². The van der Waals surface area contributed by atoms with Crippen molar-refractivity contribution in [3.05, 3.63) is 22.5 Å². The summed E-state index contributed by atoms with van der Waals surface area (Å²) < 4.78 is 9.80. The molecule has 0 saturated carbocycles. The fourth-order valence-corrected chi connectivity index (χ4v) is 3.29. The quantitative estimate of drug-likeness (QED) is 0.631. The average Bonchev–Trinajstić information content (AvgIpc) is 2.94. The van der Waals surface area contributed by atoms with Gasteiger partial charge in [-0.3, -0.25) is 9.69 Å². The number of Topliss-reactive ketones (excluding diaryl/α,β-unsaturated/α-hetero) is 1. The molecule has 1 unspecified atom stereocenters. The molecule has 1 aromatic heterocycles. The molecule has 0 radical (unpaired) electrons. The molecule has 0 aliphatic carbocycles. The molecule has 26 heavy (non-hydrogen) atoms. The van der Waals surface area contributed by atoms with E-state index in [1.807, 2.05) is 11.8 Å². The van der Waals surface area contributed by atoms with Crippen LogP contribution in [0.1, 0.15) is 46.0 Å². The number of aromatic amines is 1. The summed E-state index contributed by atoms with van der Waals surface area (Å²) in [4.78, 5) is 43.3. The SMILES string of the molecule is CCOC(=O)N1CCN(C(C)C(=O)c2[nH]c(C)c(C(=O)OC)c2C)CC1. The van der Waals surface area contributed by atoms with Gasteiger partial charge in [0.25, 0.3) is 0 Å². The number of carbonyl (C=O) groups is 3. The van der Waals surface area contributed by atoms with Crippen molar-refractivity contribution in [2.24, 2.45) is 0 Å². The lowest BCUT2D eigenvalue weighted by molar-refractivity contribution is 0.0595. The van der Waals surface area contributed by atoms with E-state index in [4.69, 9.17) is 9.47 Å². The number of rotatable bonds is 5. The lowest BCUT2D eigenvalue weighted by atomic mass is 10.0. The van der Waals surface area contributed by atoms with Crippen molar-refractivity contribution in [1.82, 2.24) is 14.8 Å². The number of ether oxygens (including phenoxy) is 2. The van der Waals surface area contributed by atoms with Crippen molar-refractivity contribution in [3.8, 4) is 0 Å². The molecule has 0 aromatic carbocycles. The number of hydrogen-bond acceptors (Lipinski definition) is 6. The number of hydrogen-bond donors (Lipinski definition) is 1. The Morgan fingerprint density at radius 3 is 2.31 bits per heavy atom. The van der Waals surface area contributed by atoms with E-state index in [1.54, 1.807) is 25.7 Å². The van der Waals surface area contributed by atoms with Crippen LogP contribution >= 0.6 is 0 Å². The van der Waals surface area contributed by atoms with E-state index in [1.165, 1.54) is 7.11 Å². The minimum atomic E-state index is -0.453. The first kappa shape index (κ1) is 20.0. The standard InChI is InChI=1S/C18H27N3O5/c1-6-26-18(24)21-9-7-20(8-10-21)13(4)16(22)15-11(2)14(12(3)19-15)17(23)25-5/h13,19H,6-10H2,1-5H3. The molecule has 1 fully saturated rings. The molecule has 1 aliphatic heterocycles. The molecule has 1 amide bonds. The summed E-state index contributed by atoms with van der Waals surface area (Å²) in [7, 11) is 1.32. The first-order chi connectivity index (χ1) is 12.3. The molecule has 1 atom stereocenters. The molecule has 1 saturated heterocycles. The van der Waals surface area contributed by atoms with Crippen molar-refractivity contribution in [2.45, 2.75) is 33.7 Å². The number of ketones is 1. The monoisotopic (exact) mass is 365 g/mol. The van der Waals surface area contributed by atoms with Gasteiger partial charge in [0.1, 0.15) is 0 Å². The zero-order valence-corrected chi connectivity index (χ0v) is 16.0. The van der Waals surface area contributed by atoms with E-state index >= 15 is 0 Å². The highest BCUT2D eigenvalue weighted by Crippen LogP contribution is 2.21. The third-order valence-electron chi connectivity index (χ3n) is 4.84. The Labute approximate surface area is 153 Å². The minimum Gasteiger partial charge on any atom is -0.465 e. The molecule has 1 aliphatic rings. The molecule has 1 N–H and O–H groups in total. The van der Waals surface area contributed by atoms with E-state index < -0.39 is 5.97 Å². The van der Waals surface area contributed by atoms with Gasteiger partial charge in [-0.1, -0.05) is 0 Å². The van der Waals surface area contributed by atoms with Gasteiger partial charge in [0.15, 0.2) is 5.78 Å². The molecule has 144 valence electrons. The molecular formula is C18H27N3O5. The molecule has 8 heteroatoms. The predicted octanol–water partition coefficient (Wildman–Crippen LogP) is 1.76. The zero-order chi connectivity index (χ0) is 19.4. The molecule has 2 heterocycles. The molecule has 0 spiro atoms. The number of nitrogens with one attached hydrogen (secondary N) is 1. The normalized spacial score (nSPS) is 16.3. The van der Waals surface area contributed by atoms with Gasteiger partial charge in [-0.25, -0.2) is 9.59 Å². The van der Waals surface area contributed by atoms with E-state index in [0.29, 0.717) is 55.3 Å². The molecule has 2 rings (SSSR count). The Kier molecular flexibility index (Phi) is 6.42. The number of methoxy groups -OCH3 is 1. The summed E-state index contributed by atoms with van der Waals surface area (Å²) in [5.74, 6) is -0.531. The summed E-state index contributed by atoms with van der Waals surface area (Å²) in [6.07, 6.45) is -0.315. The number of amides is 1. The van der Waals surface area contributed by atoms with Gasteiger partial charge in [0, 0.05) is 31.9 Å². The number of aromatic nitrogens is 1. The Morgan fingerprint density at radius 2 is 1.77 bits per heavy atom. The maximum absolute atomic E-state index is 12.9. The lowest BCUT2D eigenvalue weighted by Gasteiger charge is -2.36. The van der Waals surface area contributed by atoms with Crippen molar-refractivity contribution in [3.63, 3.8) is 0 Å². The number of H-pyrrole nitrogens is 1. The van der Waals surface area contributed by atoms with Crippen LogP contribution in [0.3, 0.4) is 0 Å². The molecule has 0 bridgehead atoms. The topological polar surface area (TPSA) is 91.9 Å². The summed E-state index contributed by atoms with van der Waals surface area (Å²) in [6.45, 7) is 9.69. The molecule has 8 nitrogen and oxygen atoms in total. The number of esters is 1. The number of aryl methyl sites for hydroxylation is 1. The van der Waals surface area contributed by atoms with Gasteiger partial charge in [0.2, 0.25) is 0 Å². The van der Waals surface area contributed by atoms with Crippen LogP contribution in [0.2, 0.25) is 0 Å². The van der Waals surface area contributed by atoms with Crippen LogP contribution in [0.4, 0.5) is 4.79 Å². The average molecular weight is 365 g/mol. The van der Waals surface area contributed by atoms with Crippen molar-refractivity contribution >= 4 is 17.8 Å². The number of carbonyl (C=O) groups excluding carboxylic acids is 3. The first-order valence-electron chi connectivity index (χ1n) is 8.79. The highest BCUT2D eigenvalue weighted by Gasteiger charge is 2.31. The predicted molar refractivity (Wildman–Crippen MR) is 95.6 cm³/mol. The van der Waals surface area contributed by atoms with Crippen LogP contribution in [0.25, 0.3) is 0 Å². The second-order valence-corrected chi connectivity index (χ2v) is 6.38. The summed E-state index contributed by atoms with van der Waals surface area (Å²) in [6, 6.07) is -0.360. The van der Waals surface area contributed by atoms with Crippen molar-refractivity contribution < 1.29 is 23.9 Å². The van der Waals surface area contributed by atoms with Crippen LogP contribution < -0.4 is 0 Å². The minimum absolute atomic E-state index is 0.0784. The van der Waals surface area contributed by atoms with E-state index in [2.05, 4.69) is 4.98 Å². The van der Waals surface area contributed by atoms with Crippen LogP contribution in [0.5, 0.6) is 0 Å². The fraction of sp³-hybridized carbons (Fsp3) is 0.611. The van der Waals surface area contributed by atoms with Gasteiger partial charge >= 0.3 is 12.1 Å². The lowest BCUT2D eigenvalue weighted by Crippen LogP contribution is -2.53. The second kappa shape index (κ2) is 8.35. The smallest absolute Gasteiger partial charge is 0.409 e. The Bertz CT molecular complexity index is 689. The Balaban J connectivity index is 2.07. The summed E-state index contributed by atoms with van der Waals surface area (Å²) in [5.41, 5.74) is 2.08. The maximum Gasteiger partial charge on any atom is 0.409 e. The zero-order valence-electron chi connectivity index (χ0n) is 16.0. The highest BCUT2D eigenvalue weighted by molar-refractivity contribution is 6.03. The number of piperazine rings is 1.